The number of amides is 1. The number of thioether (sulfide) groups is 1. The molecule has 3 aromatic rings. The number of hydrogen-bond acceptors (Lipinski definition) is 7. The fraction of sp³-hybridized carbons (Fsp3) is 0.263. The number of carbonyl (C=O) groups is 1. The fourth-order valence-corrected chi connectivity index (χ4v) is 3.36. The Morgan fingerprint density at radius 1 is 1.36 bits per heavy atom. The van der Waals surface area contributed by atoms with Crippen molar-refractivity contribution in [3.05, 3.63) is 54.7 Å². The van der Waals surface area contributed by atoms with Gasteiger partial charge in [0.2, 0.25) is 5.91 Å². The lowest BCUT2D eigenvalue weighted by molar-refractivity contribution is -0.129. The van der Waals surface area contributed by atoms with E-state index in [1.807, 2.05) is 28.8 Å². The zero-order valence-electron chi connectivity index (χ0n) is 15.3. The second-order valence-electron chi connectivity index (χ2n) is 5.77. The van der Waals surface area contributed by atoms with Gasteiger partial charge in [-0.2, -0.15) is 5.26 Å². The summed E-state index contributed by atoms with van der Waals surface area (Å²) < 4.78 is 12.3. The summed E-state index contributed by atoms with van der Waals surface area (Å²) in [5.74, 6) is 1.52. The zero-order valence-corrected chi connectivity index (χ0v) is 16.1. The predicted molar refractivity (Wildman–Crippen MR) is 103 cm³/mol. The third kappa shape index (κ3) is 4.92. The molecule has 1 amide bonds. The molecule has 2 aromatic heterocycles. The second-order valence-corrected chi connectivity index (χ2v) is 6.72. The third-order valence-corrected chi connectivity index (χ3v) is 4.89. The van der Waals surface area contributed by atoms with Crippen LogP contribution in [0.5, 0.6) is 5.75 Å². The molecule has 9 heteroatoms. The number of carbonyl (C=O) groups excluding carboxylic acids is 1. The first-order valence-corrected chi connectivity index (χ1v) is 9.54. The minimum absolute atomic E-state index is 0.0964. The topological polar surface area (TPSA) is 97.2 Å². The highest BCUT2D eigenvalue weighted by atomic mass is 32.2. The molecule has 8 nitrogen and oxygen atoms in total. The van der Waals surface area contributed by atoms with E-state index >= 15 is 0 Å². The summed E-state index contributed by atoms with van der Waals surface area (Å²) in [6.07, 6.45) is 3.43. The van der Waals surface area contributed by atoms with Crippen molar-refractivity contribution in [3.63, 3.8) is 0 Å². The molecule has 0 N–H and O–H groups in total. The van der Waals surface area contributed by atoms with Crippen molar-refractivity contribution in [2.75, 3.05) is 19.4 Å². The maximum absolute atomic E-state index is 12.7. The molecule has 3 rings (SSSR count). The summed E-state index contributed by atoms with van der Waals surface area (Å²) >= 11 is 1.29. The van der Waals surface area contributed by atoms with Gasteiger partial charge < -0.3 is 14.1 Å². The lowest BCUT2D eigenvalue weighted by Gasteiger charge is -2.20. The van der Waals surface area contributed by atoms with Crippen molar-refractivity contribution >= 4 is 17.7 Å². The predicted octanol–water partition coefficient (Wildman–Crippen LogP) is 2.90. The highest BCUT2D eigenvalue weighted by Crippen LogP contribution is 2.22. The lowest BCUT2D eigenvalue weighted by atomic mass is 10.3. The van der Waals surface area contributed by atoms with Crippen molar-refractivity contribution in [1.82, 2.24) is 19.7 Å². The van der Waals surface area contributed by atoms with E-state index in [1.165, 1.54) is 11.8 Å². The van der Waals surface area contributed by atoms with E-state index in [0.29, 0.717) is 24.0 Å². The Hall–Kier alpha value is -3.25. The van der Waals surface area contributed by atoms with Crippen LogP contribution in [0.15, 0.2) is 58.6 Å². The van der Waals surface area contributed by atoms with Gasteiger partial charge in [0, 0.05) is 12.2 Å². The van der Waals surface area contributed by atoms with Gasteiger partial charge in [0.05, 0.1) is 38.2 Å². The number of ether oxygens (including phenoxy) is 1. The van der Waals surface area contributed by atoms with Gasteiger partial charge in [-0.15, -0.1) is 10.2 Å². The molecule has 0 unspecified atom stereocenters. The number of nitrogens with zero attached hydrogens (tertiary/aromatic N) is 5. The molecule has 0 bridgehead atoms. The fourth-order valence-electron chi connectivity index (χ4n) is 2.53. The normalized spacial score (nSPS) is 10.4. The Balaban J connectivity index is 1.66. The molecule has 1 aromatic carbocycles. The van der Waals surface area contributed by atoms with E-state index in [0.717, 1.165) is 11.4 Å². The van der Waals surface area contributed by atoms with E-state index < -0.39 is 0 Å². The van der Waals surface area contributed by atoms with Crippen LogP contribution in [0.2, 0.25) is 0 Å². The molecule has 0 aliphatic rings. The Bertz CT molecular complexity index is 931. The van der Waals surface area contributed by atoms with Crippen molar-refractivity contribution in [2.45, 2.75) is 18.1 Å². The molecule has 28 heavy (non-hydrogen) atoms. The minimum Gasteiger partial charge on any atom is -0.497 e. The van der Waals surface area contributed by atoms with Crippen LogP contribution in [0.25, 0.3) is 5.69 Å². The van der Waals surface area contributed by atoms with Crippen LogP contribution in [-0.2, 0) is 11.3 Å². The summed E-state index contributed by atoms with van der Waals surface area (Å²) in [4.78, 5) is 14.3. The zero-order chi connectivity index (χ0) is 19.8. The van der Waals surface area contributed by atoms with Crippen molar-refractivity contribution < 1.29 is 13.9 Å². The SMILES string of the molecule is COc1ccc(-n2cnnc2SCC(=O)N(CCC#N)Cc2ccco2)cc1. The van der Waals surface area contributed by atoms with Crippen LogP contribution in [0.1, 0.15) is 12.2 Å². The Morgan fingerprint density at radius 2 is 2.18 bits per heavy atom. The minimum atomic E-state index is -0.0964. The number of hydrogen-bond donors (Lipinski definition) is 0. The third-order valence-electron chi connectivity index (χ3n) is 3.96. The highest BCUT2D eigenvalue weighted by molar-refractivity contribution is 7.99. The van der Waals surface area contributed by atoms with Crippen molar-refractivity contribution in [2.24, 2.45) is 0 Å². The summed E-state index contributed by atoms with van der Waals surface area (Å²) in [7, 11) is 1.61. The largest absolute Gasteiger partial charge is 0.497 e. The van der Waals surface area contributed by atoms with Gasteiger partial charge in [-0.3, -0.25) is 9.36 Å². The number of aromatic nitrogens is 3. The number of benzene rings is 1. The number of methoxy groups -OCH3 is 1. The first-order chi connectivity index (χ1) is 13.7. The molecule has 0 radical (unpaired) electrons. The van der Waals surface area contributed by atoms with E-state index in [4.69, 9.17) is 14.4 Å². The Labute approximate surface area is 166 Å². The molecule has 0 aliphatic heterocycles. The summed E-state index contributed by atoms with van der Waals surface area (Å²) in [6, 6.07) is 13.1. The van der Waals surface area contributed by atoms with E-state index in [9.17, 15) is 4.79 Å². The molecule has 144 valence electrons. The smallest absolute Gasteiger partial charge is 0.233 e. The van der Waals surface area contributed by atoms with Crippen LogP contribution in [0.3, 0.4) is 0 Å². The molecule has 0 atom stereocenters. The molecular formula is C19H19N5O3S. The van der Waals surface area contributed by atoms with Crippen molar-refractivity contribution in [1.29, 1.82) is 5.26 Å². The lowest BCUT2D eigenvalue weighted by Crippen LogP contribution is -2.32. The summed E-state index contributed by atoms with van der Waals surface area (Å²) in [6.45, 7) is 0.682. The Morgan fingerprint density at radius 3 is 2.86 bits per heavy atom. The standard InChI is InChI=1S/C19H19N5O3S/c1-26-16-7-5-15(6-8-16)24-14-21-22-19(24)28-13-18(25)23(10-3-9-20)12-17-4-2-11-27-17/h2,4-8,11,14H,3,10,12-13H2,1H3. The van der Waals surface area contributed by atoms with Gasteiger partial charge in [0.1, 0.15) is 17.8 Å². The van der Waals surface area contributed by atoms with Crippen molar-refractivity contribution in [3.8, 4) is 17.5 Å². The molecule has 0 aliphatic carbocycles. The van der Waals surface area contributed by atoms with E-state index in [-0.39, 0.29) is 18.1 Å². The molecular weight excluding hydrogens is 378 g/mol. The Kier molecular flexibility index (Phi) is 6.70. The second kappa shape index (κ2) is 9.62. The maximum Gasteiger partial charge on any atom is 0.233 e. The van der Waals surface area contributed by atoms with Crippen LogP contribution < -0.4 is 4.74 Å². The monoisotopic (exact) mass is 397 g/mol. The number of furan rings is 1. The van der Waals surface area contributed by atoms with Gasteiger partial charge >= 0.3 is 0 Å². The van der Waals surface area contributed by atoms with Gasteiger partial charge in [0.15, 0.2) is 5.16 Å². The first-order valence-electron chi connectivity index (χ1n) is 8.55. The number of nitriles is 1. The molecule has 0 saturated heterocycles. The van der Waals surface area contributed by atoms with Crippen LogP contribution in [0.4, 0.5) is 0 Å². The van der Waals surface area contributed by atoms with E-state index in [2.05, 4.69) is 16.3 Å². The maximum atomic E-state index is 12.7. The van der Waals surface area contributed by atoms with Gasteiger partial charge in [-0.25, -0.2) is 0 Å². The highest BCUT2D eigenvalue weighted by Gasteiger charge is 2.17. The first kappa shape index (κ1) is 19.5. The van der Waals surface area contributed by atoms with Crippen LogP contribution in [-0.4, -0.2) is 45.0 Å². The summed E-state index contributed by atoms with van der Waals surface area (Å²) in [5.41, 5.74) is 0.873. The molecule has 0 spiro atoms. The van der Waals surface area contributed by atoms with Gasteiger partial charge in [0.25, 0.3) is 0 Å². The quantitative estimate of drug-likeness (QED) is 0.512. The molecule has 0 fully saturated rings. The average Bonchev–Trinajstić information content (AvgIpc) is 3.41. The molecule has 2 heterocycles. The van der Waals surface area contributed by atoms with Crippen LogP contribution in [0, 0.1) is 11.3 Å². The average molecular weight is 397 g/mol. The molecule has 0 saturated carbocycles. The van der Waals surface area contributed by atoms with Gasteiger partial charge in [-0.05, 0) is 36.4 Å². The number of rotatable bonds is 9. The van der Waals surface area contributed by atoms with E-state index in [1.54, 1.807) is 36.7 Å². The van der Waals surface area contributed by atoms with Gasteiger partial charge in [-0.1, -0.05) is 11.8 Å². The van der Waals surface area contributed by atoms with Crippen LogP contribution >= 0.6 is 11.8 Å². The summed E-state index contributed by atoms with van der Waals surface area (Å²) in [5, 5.41) is 17.5.